The second-order valence-corrected chi connectivity index (χ2v) is 5.13. The fourth-order valence-electron chi connectivity index (χ4n) is 1.99. The van der Waals surface area contributed by atoms with Gasteiger partial charge in [0, 0.05) is 0 Å². The molecule has 0 bridgehead atoms. The number of halogens is 7. The normalized spacial score (nSPS) is 13.3. The SMILES string of the molecule is FC(F)(F)c1ccc(/C(=C/Br)c2cccc(C(F)(F)F)c2)cc1. The average molecular weight is 395 g/mol. The highest BCUT2D eigenvalue weighted by atomic mass is 79.9. The lowest BCUT2D eigenvalue weighted by atomic mass is 9.97. The molecule has 0 aromatic heterocycles. The van der Waals surface area contributed by atoms with Crippen molar-refractivity contribution >= 4 is 21.5 Å². The molecule has 0 nitrogen and oxygen atoms in total. The van der Waals surface area contributed by atoms with Crippen LogP contribution in [0.25, 0.3) is 5.57 Å². The molecule has 0 N–H and O–H groups in total. The average Bonchev–Trinajstić information content (AvgIpc) is 2.47. The van der Waals surface area contributed by atoms with Crippen molar-refractivity contribution in [3.8, 4) is 0 Å². The zero-order chi connectivity index (χ0) is 17.3. The van der Waals surface area contributed by atoms with Crippen molar-refractivity contribution in [2.24, 2.45) is 0 Å². The van der Waals surface area contributed by atoms with Crippen LogP contribution in [0.15, 0.2) is 53.5 Å². The Labute approximate surface area is 136 Å². The van der Waals surface area contributed by atoms with Gasteiger partial charge in [-0.05, 0) is 46.0 Å². The zero-order valence-electron chi connectivity index (χ0n) is 11.3. The van der Waals surface area contributed by atoms with E-state index in [4.69, 9.17) is 0 Å². The minimum atomic E-state index is -4.49. The molecule has 0 heterocycles. The second kappa shape index (κ2) is 6.39. The quantitative estimate of drug-likeness (QED) is 0.509. The Balaban J connectivity index is 2.42. The molecule has 0 atom stereocenters. The molecular weight excluding hydrogens is 386 g/mol. The van der Waals surface area contributed by atoms with Gasteiger partial charge in [-0.3, -0.25) is 0 Å². The smallest absolute Gasteiger partial charge is 0.166 e. The lowest BCUT2D eigenvalue weighted by Gasteiger charge is -2.12. The molecular formula is C16H9BrF6. The van der Waals surface area contributed by atoms with Crippen molar-refractivity contribution in [1.29, 1.82) is 0 Å². The fourth-order valence-corrected chi connectivity index (χ4v) is 2.52. The Morgan fingerprint density at radius 1 is 0.739 bits per heavy atom. The molecule has 0 saturated carbocycles. The van der Waals surface area contributed by atoms with E-state index in [1.165, 1.54) is 29.3 Å². The number of hydrogen-bond donors (Lipinski definition) is 0. The molecule has 23 heavy (non-hydrogen) atoms. The molecule has 0 amide bonds. The molecule has 2 rings (SSSR count). The van der Waals surface area contributed by atoms with Crippen LogP contribution < -0.4 is 0 Å². The van der Waals surface area contributed by atoms with E-state index in [0.29, 0.717) is 11.1 Å². The van der Waals surface area contributed by atoms with Gasteiger partial charge in [-0.1, -0.05) is 40.2 Å². The Morgan fingerprint density at radius 2 is 1.30 bits per heavy atom. The van der Waals surface area contributed by atoms with E-state index in [2.05, 4.69) is 15.9 Å². The van der Waals surface area contributed by atoms with E-state index in [0.717, 1.165) is 24.3 Å². The molecule has 0 unspecified atom stereocenters. The van der Waals surface area contributed by atoms with Crippen LogP contribution in [-0.4, -0.2) is 0 Å². The lowest BCUT2D eigenvalue weighted by Crippen LogP contribution is -2.05. The molecule has 0 saturated heterocycles. The standard InChI is InChI=1S/C16H9BrF6/c17-9-14(10-4-6-12(7-5-10)15(18,19)20)11-2-1-3-13(8-11)16(21,22)23/h1-9H/b14-9-. The molecule has 122 valence electrons. The summed E-state index contributed by atoms with van der Waals surface area (Å²) in [4.78, 5) is 1.38. The van der Waals surface area contributed by atoms with Gasteiger partial charge < -0.3 is 0 Å². The topological polar surface area (TPSA) is 0 Å². The summed E-state index contributed by atoms with van der Waals surface area (Å²) in [6, 6.07) is 8.80. The third kappa shape index (κ3) is 4.16. The van der Waals surface area contributed by atoms with E-state index in [9.17, 15) is 26.3 Å². The molecule has 0 fully saturated rings. The minimum Gasteiger partial charge on any atom is -0.166 e. The summed E-state index contributed by atoms with van der Waals surface area (Å²) in [7, 11) is 0. The van der Waals surface area contributed by atoms with E-state index in [1.54, 1.807) is 0 Å². The van der Waals surface area contributed by atoms with Gasteiger partial charge in [0.25, 0.3) is 0 Å². The van der Waals surface area contributed by atoms with E-state index in [-0.39, 0.29) is 5.56 Å². The van der Waals surface area contributed by atoms with Gasteiger partial charge in [-0.15, -0.1) is 0 Å². The monoisotopic (exact) mass is 394 g/mol. The molecule has 0 aliphatic carbocycles. The Kier molecular flexibility index (Phi) is 4.89. The maximum Gasteiger partial charge on any atom is 0.416 e. The third-order valence-electron chi connectivity index (χ3n) is 3.13. The minimum absolute atomic E-state index is 0.247. The Hall–Kier alpha value is -1.76. The highest BCUT2D eigenvalue weighted by molar-refractivity contribution is 9.11. The van der Waals surface area contributed by atoms with Crippen LogP contribution in [0.2, 0.25) is 0 Å². The number of hydrogen-bond acceptors (Lipinski definition) is 0. The second-order valence-electron chi connectivity index (χ2n) is 4.68. The molecule has 0 aliphatic heterocycles. The molecule has 2 aromatic carbocycles. The Bertz CT molecular complexity index is 711. The number of rotatable bonds is 2. The van der Waals surface area contributed by atoms with Crippen LogP contribution in [-0.2, 0) is 12.4 Å². The third-order valence-corrected chi connectivity index (χ3v) is 3.59. The van der Waals surface area contributed by atoms with Gasteiger partial charge in [-0.2, -0.15) is 26.3 Å². The molecule has 2 aromatic rings. The predicted molar refractivity (Wildman–Crippen MR) is 78.9 cm³/mol. The van der Waals surface area contributed by atoms with Crippen LogP contribution in [0.1, 0.15) is 22.3 Å². The summed E-state index contributed by atoms with van der Waals surface area (Å²) >= 11 is 3.06. The van der Waals surface area contributed by atoms with Gasteiger partial charge in [-0.25, -0.2) is 0 Å². The Morgan fingerprint density at radius 3 is 1.78 bits per heavy atom. The molecule has 0 radical (unpaired) electrons. The van der Waals surface area contributed by atoms with Crippen molar-refractivity contribution in [2.75, 3.05) is 0 Å². The largest absolute Gasteiger partial charge is 0.416 e. The zero-order valence-corrected chi connectivity index (χ0v) is 12.9. The summed E-state index contributed by atoms with van der Waals surface area (Å²) in [5, 5.41) is 0. The summed E-state index contributed by atoms with van der Waals surface area (Å²) in [5.74, 6) is 0. The van der Waals surface area contributed by atoms with Crippen LogP contribution in [0, 0.1) is 0 Å². The van der Waals surface area contributed by atoms with Gasteiger partial charge in [0.2, 0.25) is 0 Å². The van der Waals surface area contributed by atoms with Crippen molar-refractivity contribution in [3.63, 3.8) is 0 Å². The van der Waals surface area contributed by atoms with Gasteiger partial charge >= 0.3 is 12.4 Å². The van der Waals surface area contributed by atoms with E-state index in [1.807, 2.05) is 0 Å². The molecule has 0 spiro atoms. The van der Waals surface area contributed by atoms with Gasteiger partial charge in [0.1, 0.15) is 0 Å². The highest BCUT2D eigenvalue weighted by Gasteiger charge is 2.31. The highest BCUT2D eigenvalue weighted by Crippen LogP contribution is 2.34. The summed E-state index contributed by atoms with van der Waals surface area (Å²) in [5.41, 5.74) is -0.677. The maximum atomic E-state index is 12.8. The number of benzene rings is 2. The first-order valence-corrected chi connectivity index (χ1v) is 7.20. The number of alkyl halides is 6. The van der Waals surface area contributed by atoms with Crippen molar-refractivity contribution in [2.45, 2.75) is 12.4 Å². The van der Waals surface area contributed by atoms with Crippen molar-refractivity contribution < 1.29 is 26.3 Å². The maximum absolute atomic E-state index is 12.8. The fraction of sp³-hybridized carbons (Fsp3) is 0.125. The predicted octanol–water partition coefficient (Wildman–Crippen LogP) is 6.51. The molecule has 0 aliphatic rings. The summed E-state index contributed by atoms with van der Waals surface area (Å²) in [6.07, 6.45) is -8.96. The van der Waals surface area contributed by atoms with Crippen molar-refractivity contribution in [3.05, 3.63) is 75.8 Å². The van der Waals surface area contributed by atoms with Crippen LogP contribution in [0.4, 0.5) is 26.3 Å². The summed E-state index contributed by atoms with van der Waals surface area (Å²) in [6.45, 7) is 0. The van der Waals surface area contributed by atoms with Crippen molar-refractivity contribution in [1.82, 2.24) is 0 Å². The first-order chi connectivity index (χ1) is 10.6. The van der Waals surface area contributed by atoms with E-state index >= 15 is 0 Å². The van der Waals surface area contributed by atoms with Crippen LogP contribution >= 0.6 is 15.9 Å². The van der Waals surface area contributed by atoms with Gasteiger partial charge in [0.05, 0.1) is 11.1 Å². The van der Waals surface area contributed by atoms with Crippen LogP contribution in [0.5, 0.6) is 0 Å². The molecule has 7 heteroatoms. The van der Waals surface area contributed by atoms with Gasteiger partial charge in [0.15, 0.2) is 0 Å². The van der Waals surface area contributed by atoms with Crippen LogP contribution in [0.3, 0.4) is 0 Å². The first-order valence-electron chi connectivity index (χ1n) is 6.28. The lowest BCUT2D eigenvalue weighted by molar-refractivity contribution is -0.138. The van der Waals surface area contributed by atoms with E-state index < -0.39 is 23.5 Å². The first kappa shape index (κ1) is 17.6. The summed E-state index contributed by atoms with van der Waals surface area (Å²) < 4.78 is 76.0.